The Labute approximate surface area is 245 Å². The minimum Gasteiger partial charge on any atom is -0.326 e. The highest BCUT2D eigenvalue weighted by molar-refractivity contribution is 6.05. The molecule has 2 rings (SSSR count). The summed E-state index contributed by atoms with van der Waals surface area (Å²) in [6.07, 6.45) is 26.1. The molecule has 0 unspecified atom stereocenters. The van der Waals surface area contributed by atoms with Crippen LogP contribution in [0.3, 0.4) is 0 Å². The molecule has 4 heteroatoms. The van der Waals surface area contributed by atoms with E-state index < -0.39 is 0 Å². The molecule has 0 atom stereocenters. The molecular formula is C36H56N2O2. The van der Waals surface area contributed by atoms with E-state index >= 15 is 0 Å². The number of hydrogen-bond acceptors (Lipinski definition) is 2. The van der Waals surface area contributed by atoms with Gasteiger partial charge in [0.2, 0.25) is 5.91 Å². The minimum absolute atomic E-state index is 0.0169. The normalized spacial score (nSPS) is 10.9. The molecule has 0 spiro atoms. The van der Waals surface area contributed by atoms with Gasteiger partial charge < -0.3 is 10.6 Å². The van der Waals surface area contributed by atoms with Gasteiger partial charge in [0.1, 0.15) is 0 Å². The first-order valence-electron chi connectivity index (χ1n) is 16.4. The van der Waals surface area contributed by atoms with Crippen LogP contribution in [0.5, 0.6) is 0 Å². The van der Waals surface area contributed by atoms with Crippen molar-refractivity contribution in [3.8, 4) is 0 Å². The van der Waals surface area contributed by atoms with Crippen molar-refractivity contribution in [2.24, 2.45) is 0 Å². The van der Waals surface area contributed by atoms with Gasteiger partial charge in [0, 0.05) is 23.4 Å². The van der Waals surface area contributed by atoms with Crippen LogP contribution < -0.4 is 10.6 Å². The monoisotopic (exact) mass is 548 g/mol. The van der Waals surface area contributed by atoms with Crippen molar-refractivity contribution >= 4 is 23.2 Å². The average Bonchev–Trinajstić information content (AvgIpc) is 2.94. The molecular weight excluding hydrogens is 492 g/mol. The highest BCUT2D eigenvalue weighted by Crippen LogP contribution is 2.17. The summed E-state index contributed by atoms with van der Waals surface area (Å²) in [4.78, 5) is 25.0. The van der Waals surface area contributed by atoms with E-state index in [2.05, 4.69) is 17.6 Å². The van der Waals surface area contributed by atoms with E-state index in [0.717, 1.165) is 24.1 Å². The highest BCUT2D eigenvalue weighted by Gasteiger charge is 2.09. The quantitative estimate of drug-likeness (QED) is 0.136. The lowest BCUT2D eigenvalue weighted by Gasteiger charge is -2.09. The topological polar surface area (TPSA) is 58.2 Å². The number of anilines is 2. The number of nitrogens with one attached hydrogen (secondary N) is 2. The first kappa shape index (κ1) is 33.6. The average molecular weight is 549 g/mol. The number of aryl methyl sites for hydroxylation is 1. The molecule has 0 saturated carbocycles. The molecule has 0 aliphatic carbocycles. The van der Waals surface area contributed by atoms with Crippen molar-refractivity contribution in [3.63, 3.8) is 0 Å². The van der Waals surface area contributed by atoms with E-state index in [1.54, 1.807) is 18.2 Å². The van der Waals surface area contributed by atoms with Crippen molar-refractivity contribution in [2.45, 2.75) is 142 Å². The summed E-state index contributed by atoms with van der Waals surface area (Å²) >= 11 is 0. The Bertz CT molecular complexity index is 955. The first-order chi connectivity index (χ1) is 19.6. The summed E-state index contributed by atoms with van der Waals surface area (Å²) in [6, 6.07) is 14.9. The summed E-state index contributed by atoms with van der Waals surface area (Å²) in [5.41, 5.74) is 3.06. The van der Waals surface area contributed by atoms with Gasteiger partial charge in [-0.3, -0.25) is 9.59 Å². The Hall–Kier alpha value is -2.62. The predicted molar refractivity (Wildman–Crippen MR) is 172 cm³/mol. The molecule has 0 fully saturated rings. The van der Waals surface area contributed by atoms with Crippen molar-refractivity contribution < 1.29 is 9.59 Å². The number of amides is 2. The second-order valence-corrected chi connectivity index (χ2v) is 11.6. The molecule has 0 heterocycles. The largest absolute Gasteiger partial charge is 0.326 e. The Kier molecular flexibility index (Phi) is 18.6. The van der Waals surface area contributed by atoms with Gasteiger partial charge in [-0.2, -0.15) is 0 Å². The number of carbonyl (C=O) groups is 2. The molecule has 2 aromatic rings. The molecule has 0 bridgehead atoms. The Morgan fingerprint density at radius 2 is 1.00 bits per heavy atom. The molecule has 0 radical (unpaired) electrons. The van der Waals surface area contributed by atoms with E-state index in [4.69, 9.17) is 0 Å². The summed E-state index contributed by atoms with van der Waals surface area (Å²) in [6.45, 7) is 4.28. The lowest BCUT2D eigenvalue weighted by atomic mass is 10.0. The summed E-state index contributed by atoms with van der Waals surface area (Å²) in [5, 5.41) is 5.87. The molecule has 2 amide bonds. The Morgan fingerprint density at radius 3 is 1.50 bits per heavy atom. The zero-order chi connectivity index (χ0) is 28.7. The number of hydrogen-bond donors (Lipinski definition) is 2. The molecule has 2 aromatic carbocycles. The molecule has 0 saturated heterocycles. The van der Waals surface area contributed by atoms with E-state index in [1.807, 2.05) is 37.3 Å². The number of carbonyl (C=O) groups excluding carboxylic acids is 2. The van der Waals surface area contributed by atoms with Crippen LogP contribution in [0.1, 0.15) is 151 Å². The Morgan fingerprint density at radius 1 is 0.550 bits per heavy atom. The number of unbranched alkanes of at least 4 members (excludes halogenated alkanes) is 18. The molecule has 0 aliphatic heterocycles. The predicted octanol–water partition coefficient (Wildman–Crippen LogP) is 11.0. The summed E-state index contributed by atoms with van der Waals surface area (Å²) in [5.74, 6) is -0.163. The van der Waals surface area contributed by atoms with E-state index in [0.29, 0.717) is 17.7 Å². The molecule has 2 N–H and O–H groups in total. The molecule has 40 heavy (non-hydrogen) atoms. The highest BCUT2D eigenvalue weighted by atomic mass is 16.2. The van der Waals surface area contributed by atoms with Crippen LogP contribution in [-0.4, -0.2) is 11.8 Å². The van der Waals surface area contributed by atoms with Crippen molar-refractivity contribution in [1.82, 2.24) is 0 Å². The van der Waals surface area contributed by atoms with Crippen molar-refractivity contribution in [2.75, 3.05) is 10.6 Å². The summed E-state index contributed by atoms with van der Waals surface area (Å²) in [7, 11) is 0. The first-order valence-corrected chi connectivity index (χ1v) is 16.4. The van der Waals surface area contributed by atoms with Crippen LogP contribution in [0.25, 0.3) is 0 Å². The van der Waals surface area contributed by atoms with Crippen LogP contribution >= 0.6 is 0 Å². The number of benzene rings is 2. The zero-order valence-corrected chi connectivity index (χ0v) is 25.6. The van der Waals surface area contributed by atoms with Crippen LogP contribution in [0.15, 0.2) is 48.5 Å². The van der Waals surface area contributed by atoms with Gasteiger partial charge in [-0.05, 0) is 49.2 Å². The van der Waals surface area contributed by atoms with Crippen LogP contribution in [0, 0.1) is 6.92 Å². The fraction of sp³-hybridized carbons (Fsp3) is 0.611. The molecule has 222 valence electrons. The van der Waals surface area contributed by atoms with Gasteiger partial charge in [-0.15, -0.1) is 0 Å². The third-order valence-corrected chi connectivity index (χ3v) is 7.69. The number of rotatable bonds is 23. The third-order valence-electron chi connectivity index (χ3n) is 7.69. The standard InChI is InChI=1S/C36H56N2O2/c1-3-4-5-6-7-8-9-10-11-12-13-14-15-16-17-18-19-20-21-28-35(39)37-34-27-23-25-32(30-34)36(40)38-33-26-22-24-31(2)29-33/h22-27,29-30H,3-21,28H2,1-2H3,(H,37,39)(H,38,40). The van der Waals surface area contributed by atoms with E-state index in [9.17, 15) is 9.59 Å². The zero-order valence-electron chi connectivity index (χ0n) is 25.6. The second-order valence-electron chi connectivity index (χ2n) is 11.6. The van der Waals surface area contributed by atoms with Gasteiger partial charge >= 0.3 is 0 Å². The molecule has 4 nitrogen and oxygen atoms in total. The lowest BCUT2D eigenvalue weighted by Crippen LogP contribution is -2.14. The van der Waals surface area contributed by atoms with E-state index in [1.165, 1.54) is 109 Å². The molecule has 0 aliphatic rings. The van der Waals surface area contributed by atoms with Gasteiger partial charge in [-0.25, -0.2) is 0 Å². The van der Waals surface area contributed by atoms with Crippen LogP contribution in [0.4, 0.5) is 11.4 Å². The maximum absolute atomic E-state index is 12.6. The second kappa shape index (κ2) is 22.1. The van der Waals surface area contributed by atoms with Gasteiger partial charge in [0.05, 0.1) is 0 Å². The SMILES string of the molecule is CCCCCCCCCCCCCCCCCCCCCC(=O)Nc1cccc(C(=O)Nc2cccc(C)c2)c1. The minimum atomic E-state index is -0.180. The van der Waals surface area contributed by atoms with Crippen molar-refractivity contribution in [1.29, 1.82) is 0 Å². The smallest absolute Gasteiger partial charge is 0.255 e. The van der Waals surface area contributed by atoms with Crippen molar-refractivity contribution in [3.05, 3.63) is 59.7 Å². The third kappa shape index (κ3) is 16.5. The van der Waals surface area contributed by atoms with Crippen LogP contribution in [-0.2, 0) is 4.79 Å². The fourth-order valence-electron chi connectivity index (χ4n) is 5.25. The Balaban J connectivity index is 1.42. The summed E-state index contributed by atoms with van der Waals surface area (Å²) < 4.78 is 0. The maximum atomic E-state index is 12.6. The lowest BCUT2D eigenvalue weighted by molar-refractivity contribution is -0.116. The van der Waals surface area contributed by atoms with Crippen LogP contribution in [0.2, 0.25) is 0 Å². The van der Waals surface area contributed by atoms with E-state index in [-0.39, 0.29) is 11.8 Å². The maximum Gasteiger partial charge on any atom is 0.255 e. The van der Waals surface area contributed by atoms with Gasteiger partial charge in [0.15, 0.2) is 0 Å². The van der Waals surface area contributed by atoms with Gasteiger partial charge in [-0.1, -0.05) is 141 Å². The molecule has 0 aromatic heterocycles. The van der Waals surface area contributed by atoms with Gasteiger partial charge in [0.25, 0.3) is 5.91 Å². The fourth-order valence-corrected chi connectivity index (χ4v) is 5.25.